The second-order valence-corrected chi connectivity index (χ2v) is 6.70. The molecule has 1 saturated carbocycles. The van der Waals surface area contributed by atoms with Crippen LogP contribution in [-0.2, 0) is 11.3 Å². The van der Waals surface area contributed by atoms with Gasteiger partial charge in [-0.15, -0.1) is 0 Å². The molecule has 28 heavy (non-hydrogen) atoms. The summed E-state index contributed by atoms with van der Waals surface area (Å²) in [5, 5.41) is 22.7. The van der Waals surface area contributed by atoms with Crippen molar-refractivity contribution in [2.24, 2.45) is 0 Å². The van der Waals surface area contributed by atoms with Gasteiger partial charge in [0.05, 0.1) is 23.2 Å². The molecule has 146 valence electrons. The molecule has 0 radical (unpaired) electrons. The number of non-ortho nitro benzene ring substituents is 1. The summed E-state index contributed by atoms with van der Waals surface area (Å²) in [6.07, 6.45) is 4.91. The third-order valence-electron chi connectivity index (χ3n) is 4.64. The number of nitrogens with zero attached hydrogens (tertiary/aromatic N) is 1. The van der Waals surface area contributed by atoms with E-state index in [0.717, 1.165) is 36.6 Å². The second kappa shape index (κ2) is 8.62. The molecule has 8 nitrogen and oxygen atoms in total. The first kappa shape index (κ1) is 19.5. The predicted octanol–water partition coefficient (Wildman–Crippen LogP) is 4.00. The molecule has 0 unspecified atom stereocenters. The number of benzene rings is 2. The summed E-state index contributed by atoms with van der Waals surface area (Å²) >= 11 is 0. The predicted molar refractivity (Wildman–Crippen MR) is 101 cm³/mol. The van der Waals surface area contributed by atoms with Crippen LogP contribution in [0, 0.1) is 10.1 Å². The Labute approximate surface area is 161 Å². The summed E-state index contributed by atoms with van der Waals surface area (Å²) in [6, 6.07) is 10.2. The van der Waals surface area contributed by atoms with Crippen molar-refractivity contribution >= 4 is 23.3 Å². The summed E-state index contributed by atoms with van der Waals surface area (Å²) < 4.78 is 5.84. The fraction of sp³-hybridized carbons (Fsp3) is 0.300. The van der Waals surface area contributed by atoms with Gasteiger partial charge in [-0.2, -0.15) is 0 Å². The zero-order valence-electron chi connectivity index (χ0n) is 15.1. The first-order valence-electron chi connectivity index (χ1n) is 8.97. The van der Waals surface area contributed by atoms with Gasteiger partial charge in [-0.25, -0.2) is 4.79 Å². The van der Waals surface area contributed by atoms with E-state index in [1.54, 1.807) is 12.1 Å². The quantitative estimate of drug-likeness (QED) is 0.550. The number of hydrogen-bond acceptors (Lipinski definition) is 5. The highest BCUT2D eigenvalue weighted by Crippen LogP contribution is 2.23. The first-order valence-corrected chi connectivity index (χ1v) is 8.97. The van der Waals surface area contributed by atoms with Crippen LogP contribution in [0.15, 0.2) is 42.5 Å². The molecular weight excluding hydrogens is 364 g/mol. The van der Waals surface area contributed by atoms with Gasteiger partial charge in [0.2, 0.25) is 0 Å². The fourth-order valence-corrected chi connectivity index (χ4v) is 3.13. The third kappa shape index (κ3) is 4.92. The van der Waals surface area contributed by atoms with Gasteiger partial charge < -0.3 is 15.2 Å². The summed E-state index contributed by atoms with van der Waals surface area (Å²) in [5.74, 6) is -1.97. The molecule has 2 aromatic carbocycles. The standard InChI is InChI=1S/C20H20N2O6/c23-19(14-9-15(20(24)25)11-17(10-14)22(26)27)21-16-7-5-13(6-8-16)12-28-18-3-1-2-4-18/h5-11,18H,1-4,12H2,(H,21,23)(H,24,25). The zero-order chi connectivity index (χ0) is 20.1. The molecule has 1 amide bonds. The number of hydrogen-bond donors (Lipinski definition) is 2. The lowest BCUT2D eigenvalue weighted by Crippen LogP contribution is -2.13. The fourth-order valence-electron chi connectivity index (χ4n) is 3.13. The van der Waals surface area contributed by atoms with Crippen molar-refractivity contribution in [3.05, 3.63) is 69.3 Å². The average molecular weight is 384 g/mol. The number of carbonyl (C=O) groups excluding carboxylic acids is 1. The molecule has 3 rings (SSSR count). The van der Waals surface area contributed by atoms with Gasteiger partial charge in [-0.1, -0.05) is 25.0 Å². The molecule has 2 aromatic rings. The van der Waals surface area contributed by atoms with Crippen molar-refractivity contribution in [1.82, 2.24) is 0 Å². The Morgan fingerprint density at radius 2 is 1.75 bits per heavy atom. The van der Waals surface area contributed by atoms with Crippen molar-refractivity contribution in [1.29, 1.82) is 0 Å². The lowest BCUT2D eigenvalue weighted by molar-refractivity contribution is -0.384. The molecule has 0 aliphatic heterocycles. The lowest BCUT2D eigenvalue weighted by Gasteiger charge is -2.11. The minimum absolute atomic E-state index is 0.0970. The van der Waals surface area contributed by atoms with Crippen molar-refractivity contribution in [2.75, 3.05) is 5.32 Å². The van der Waals surface area contributed by atoms with Gasteiger partial charge >= 0.3 is 5.97 Å². The molecule has 0 saturated heterocycles. The molecular formula is C20H20N2O6. The van der Waals surface area contributed by atoms with E-state index >= 15 is 0 Å². The molecule has 8 heteroatoms. The topological polar surface area (TPSA) is 119 Å². The Kier molecular flexibility index (Phi) is 6.00. The summed E-state index contributed by atoms with van der Waals surface area (Å²) in [6.45, 7) is 0.506. The molecule has 0 spiro atoms. The van der Waals surface area contributed by atoms with Crippen LogP contribution in [0.25, 0.3) is 0 Å². The maximum absolute atomic E-state index is 12.4. The van der Waals surface area contributed by atoms with Crippen molar-refractivity contribution < 1.29 is 24.4 Å². The molecule has 0 aromatic heterocycles. The van der Waals surface area contributed by atoms with Gasteiger partial charge in [-0.3, -0.25) is 14.9 Å². The minimum Gasteiger partial charge on any atom is -0.478 e. The van der Waals surface area contributed by atoms with Crippen LogP contribution in [-0.4, -0.2) is 28.0 Å². The van der Waals surface area contributed by atoms with Gasteiger partial charge in [0.15, 0.2) is 0 Å². The number of anilines is 1. The molecule has 1 aliphatic rings. The maximum Gasteiger partial charge on any atom is 0.335 e. The van der Waals surface area contributed by atoms with Gasteiger partial charge in [-0.05, 0) is 36.6 Å². The zero-order valence-corrected chi connectivity index (χ0v) is 15.1. The first-order chi connectivity index (χ1) is 13.4. The lowest BCUT2D eigenvalue weighted by atomic mass is 10.1. The number of amides is 1. The van der Waals surface area contributed by atoms with E-state index in [9.17, 15) is 19.7 Å². The Bertz CT molecular complexity index is 856. The van der Waals surface area contributed by atoms with E-state index in [0.29, 0.717) is 18.4 Å². The third-order valence-corrected chi connectivity index (χ3v) is 4.64. The average Bonchev–Trinajstić information content (AvgIpc) is 3.20. The van der Waals surface area contributed by atoms with Crippen molar-refractivity contribution in [3.63, 3.8) is 0 Å². The Balaban J connectivity index is 1.67. The van der Waals surface area contributed by atoms with E-state index in [4.69, 9.17) is 9.84 Å². The number of aromatic carboxylic acids is 1. The van der Waals surface area contributed by atoms with E-state index in [-0.39, 0.29) is 11.1 Å². The van der Waals surface area contributed by atoms with E-state index in [1.165, 1.54) is 12.8 Å². The minimum atomic E-state index is -1.34. The number of carbonyl (C=O) groups is 2. The van der Waals surface area contributed by atoms with Crippen molar-refractivity contribution in [3.8, 4) is 0 Å². The Morgan fingerprint density at radius 3 is 2.36 bits per heavy atom. The van der Waals surface area contributed by atoms with Gasteiger partial charge in [0.1, 0.15) is 0 Å². The Morgan fingerprint density at radius 1 is 1.11 bits per heavy atom. The van der Waals surface area contributed by atoms with E-state index in [2.05, 4.69) is 5.32 Å². The van der Waals surface area contributed by atoms with E-state index < -0.39 is 22.5 Å². The number of nitro groups is 1. The van der Waals surface area contributed by atoms with Gasteiger partial charge in [0.25, 0.3) is 11.6 Å². The Hall–Kier alpha value is -3.26. The second-order valence-electron chi connectivity index (χ2n) is 6.70. The highest BCUT2D eigenvalue weighted by Gasteiger charge is 2.18. The molecule has 1 fully saturated rings. The van der Waals surface area contributed by atoms with Crippen LogP contribution in [0.2, 0.25) is 0 Å². The van der Waals surface area contributed by atoms with Crippen LogP contribution in [0.5, 0.6) is 0 Å². The van der Waals surface area contributed by atoms with E-state index in [1.807, 2.05) is 12.1 Å². The van der Waals surface area contributed by atoms with Crippen molar-refractivity contribution in [2.45, 2.75) is 38.4 Å². The SMILES string of the molecule is O=C(O)c1cc(C(=O)Nc2ccc(COC3CCCC3)cc2)cc([N+](=O)[O-])c1. The molecule has 0 heterocycles. The number of carboxylic acids is 1. The summed E-state index contributed by atoms with van der Waals surface area (Å²) in [4.78, 5) is 33.8. The van der Waals surface area contributed by atoms with Crippen LogP contribution >= 0.6 is 0 Å². The number of ether oxygens (including phenoxy) is 1. The molecule has 2 N–H and O–H groups in total. The normalized spacial score (nSPS) is 14.0. The van der Waals surface area contributed by atoms with Gasteiger partial charge in [0, 0.05) is 23.4 Å². The molecule has 0 bridgehead atoms. The van der Waals surface area contributed by atoms with Crippen LogP contribution in [0.4, 0.5) is 11.4 Å². The maximum atomic E-state index is 12.4. The molecule has 1 aliphatic carbocycles. The largest absolute Gasteiger partial charge is 0.478 e. The monoisotopic (exact) mass is 384 g/mol. The summed E-state index contributed by atoms with van der Waals surface area (Å²) in [7, 11) is 0. The van der Waals surface area contributed by atoms with Crippen LogP contribution < -0.4 is 5.32 Å². The highest BCUT2D eigenvalue weighted by molar-refractivity contribution is 6.06. The highest BCUT2D eigenvalue weighted by atomic mass is 16.6. The van der Waals surface area contributed by atoms with Crippen LogP contribution in [0.3, 0.4) is 0 Å². The van der Waals surface area contributed by atoms with Crippen LogP contribution in [0.1, 0.15) is 52.0 Å². The smallest absolute Gasteiger partial charge is 0.335 e. The number of carboxylic acid groups (broad SMARTS) is 1. The number of rotatable bonds is 7. The summed E-state index contributed by atoms with van der Waals surface area (Å²) in [5.41, 5.74) is 0.606. The number of nitro benzene ring substituents is 1. The molecule has 0 atom stereocenters. The number of nitrogens with one attached hydrogen (secondary N) is 1.